The zero-order chi connectivity index (χ0) is 24.2. The van der Waals surface area contributed by atoms with Crippen molar-refractivity contribution in [1.29, 1.82) is 0 Å². The number of anilines is 1. The minimum Gasteiger partial charge on any atom is -0.465 e. The van der Waals surface area contributed by atoms with Crippen LogP contribution in [0, 0.1) is 13.8 Å². The number of nitrogens with zero attached hydrogens (tertiary/aromatic N) is 3. The van der Waals surface area contributed by atoms with Crippen LogP contribution in [0.1, 0.15) is 68.9 Å². The molecular formula is C24H26N4O5S. The summed E-state index contributed by atoms with van der Waals surface area (Å²) in [5.74, 6) is -0.373. The molecule has 34 heavy (non-hydrogen) atoms. The van der Waals surface area contributed by atoms with E-state index >= 15 is 0 Å². The first-order valence-electron chi connectivity index (χ1n) is 11.3. The van der Waals surface area contributed by atoms with E-state index in [-0.39, 0.29) is 29.4 Å². The third-order valence-corrected chi connectivity index (χ3v) is 8.31. The van der Waals surface area contributed by atoms with Crippen LogP contribution in [0.15, 0.2) is 24.3 Å². The number of fused-ring (bicyclic) bond motifs is 1. The lowest BCUT2D eigenvalue weighted by atomic mass is 10.1. The van der Waals surface area contributed by atoms with Crippen LogP contribution in [0.4, 0.5) is 5.69 Å². The van der Waals surface area contributed by atoms with Gasteiger partial charge in [0.05, 0.1) is 46.9 Å². The van der Waals surface area contributed by atoms with Crippen molar-refractivity contribution in [3.05, 3.63) is 52.3 Å². The van der Waals surface area contributed by atoms with Gasteiger partial charge in [-0.3, -0.25) is 4.79 Å². The maximum Gasteiger partial charge on any atom is 0.337 e. The van der Waals surface area contributed by atoms with Crippen molar-refractivity contribution in [3.8, 4) is 0 Å². The summed E-state index contributed by atoms with van der Waals surface area (Å²) >= 11 is 0. The van der Waals surface area contributed by atoms with Gasteiger partial charge in [0.2, 0.25) is 0 Å². The van der Waals surface area contributed by atoms with Gasteiger partial charge in [-0.1, -0.05) is 6.07 Å². The average Bonchev–Trinajstić information content (AvgIpc) is 3.52. The van der Waals surface area contributed by atoms with Crippen molar-refractivity contribution >= 4 is 38.4 Å². The molecule has 1 atom stereocenters. The van der Waals surface area contributed by atoms with Gasteiger partial charge >= 0.3 is 5.97 Å². The molecule has 1 aliphatic carbocycles. The summed E-state index contributed by atoms with van der Waals surface area (Å²) in [6, 6.07) is 6.52. The van der Waals surface area contributed by atoms with Gasteiger partial charge in [0.15, 0.2) is 15.5 Å². The second-order valence-corrected chi connectivity index (χ2v) is 11.4. The predicted molar refractivity (Wildman–Crippen MR) is 127 cm³/mol. The van der Waals surface area contributed by atoms with E-state index in [4.69, 9.17) is 9.72 Å². The number of carbonyl (C=O) groups is 2. The van der Waals surface area contributed by atoms with Crippen LogP contribution in [-0.2, 0) is 14.6 Å². The van der Waals surface area contributed by atoms with Crippen molar-refractivity contribution < 1.29 is 22.7 Å². The second kappa shape index (κ2) is 8.19. The Kier molecular flexibility index (Phi) is 5.43. The summed E-state index contributed by atoms with van der Waals surface area (Å²) in [5, 5.41) is 8.18. The normalized spacial score (nSPS) is 19.3. The Morgan fingerprint density at radius 1 is 1.15 bits per heavy atom. The minimum atomic E-state index is -3.11. The molecular weight excluding hydrogens is 456 g/mol. The molecule has 2 aromatic heterocycles. The highest BCUT2D eigenvalue weighted by Crippen LogP contribution is 2.41. The van der Waals surface area contributed by atoms with Gasteiger partial charge in [-0.25, -0.2) is 22.9 Å². The molecule has 1 N–H and O–H groups in total. The van der Waals surface area contributed by atoms with E-state index in [1.807, 2.05) is 13.0 Å². The molecule has 3 aromatic rings. The summed E-state index contributed by atoms with van der Waals surface area (Å²) in [7, 11) is -1.80. The number of pyridine rings is 1. The summed E-state index contributed by atoms with van der Waals surface area (Å²) in [4.78, 5) is 30.3. The average molecular weight is 483 g/mol. The van der Waals surface area contributed by atoms with E-state index in [1.165, 1.54) is 7.11 Å². The first-order valence-corrected chi connectivity index (χ1v) is 13.1. The molecule has 0 spiro atoms. The first-order chi connectivity index (χ1) is 16.2. The smallest absolute Gasteiger partial charge is 0.337 e. The number of hydrogen-bond acceptors (Lipinski definition) is 7. The fraction of sp³-hybridized carbons (Fsp3) is 0.417. The van der Waals surface area contributed by atoms with Crippen molar-refractivity contribution in [2.45, 2.75) is 45.1 Å². The fourth-order valence-electron chi connectivity index (χ4n) is 4.51. The highest BCUT2D eigenvalue weighted by atomic mass is 32.2. The minimum absolute atomic E-state index is 0.0274. The third kappa shape index (κ3) is 4.06. The van der Waals surface area contributed by atoms with Crippen molar-refractivity contribution in [1.82, 2.24) is 14.8 Å². The van der Waals surface area contributed by atoms with Crippen molar-refractivity contribution in [2.75, 3.05) is 23.9 Å². The maximum absolute atomic E-state index is 13.5. The topological polar surface area (TPSA) is 120 Å². The Morgan fingerprint density at radius 3 is 2.56 bits per heavy atom. The summed E-state index contributed by atoms with van der Waals surface area (Å²) in [6.45, 7) is 3.65. The van der Waals surface area contributed by atoms with E-state index < -0.39 is 15.8 Å². The number of nitrogens with one attached hydrogen (secondary N) is 1. The van der Waals surface area contributed by atoms with E-state index in [1.54, 1.807) is 29.8 Å². The molecule has 3 heterocycles. The lowest BCUT2D eigenvalue weighted by molar-refractivity contribution is 0.0600. The molecule has 1 aromatic carbocycles. The summed E-state index contributed by atoms with van der Waals surface area (Å²) in [5.41, 5.74) is 4.09. The monoisotopic (exact) mass is 482 g/mol. The number of hydrogen-bond donors (Lipinski definition) is 1. The highest BCUT2D eigenvalue weighted by molar-refractivity contribution is 7.91. The molecule has 1 saturated carbocycles. The first kappa shape index (κ1) is 22.5. The van der Waals surface area contributed by atoms with Gasteiger partial charge in [-0.15, -0.1) is 0 Å². The molecule has 1 aliphatic heterocycles. The quantitative estimate of drug-likeness (QED) is 0.554. The number of benzene rings is 1. The van der Waals surface area contributed by atoms with Crippen molar-refractivity contribution in [3.63, 3.8) is 0 Å². The van der Waals surface area contributed by atoms with Gasteiger partial charge in [-0.05, 0) is 56.9 Å². The molecule has 10 heteroatoms. The standard InChI is InChI=1S/C24H26N4O5S/c1-13-4-5-16(24(30)33-3)10-19(13)26-23(29)18-11-20(15-6-7-15)25-22-21(18)14(2)27-28(22)17-8-9-34(31,32)12-17/h4-5,10-11,15,17H,6-9,12H2,1-3H3,(H,26,29). The van der Waals surface area contributed by atoms with Gasteiger partial charge in [-0.2, -0.15) is 5.10 Å². The third-order valence-electron chi connectivity index (χ3n) is 6.56. The maximum atomic E-state index is 13.5. The largest absolute Gasteiger partial charge is 0.465 e. The molecule has 5 rings (SSSR count). The van der Waals surface area contributed by atoms with Crippen LogP contribution < -0.4 is 5.32 Å². The number of sulfone groups is 1. The van der Waals surface area contributed by atoms with Crippen LogP contribution in [0.3, 0.4) is 0 Å². The molecule has 2 aliphatic rings. The second-order valence-electron chi connectivity index (χ2n) is 9.13. The zero-order valence-electron chi connectivity index (χ0n) is 19.3. The van der Waals surface area contributed by atoms with Gasteiger partial charge in [0.25, 0.3) is 5.91 Å². The number of ether oxygens (including phenoxy) is 1. The summed E-state index contributed by atoms with van der Waals surface area (Å²) in [6.07, 6.45) is 2.49. The Balaban J connectivity index is 1.58. The molecule has 0 bridgehead atoms. The van der Waals surface area contributed by atoms with Gasteiger partial charge < -0.3 is 10.1 Å². The lowest BCUT2D eigenvalue weighted by Crippen LogP contribution is -2.16. The molecule has 9 nitrogen and oxygen atoms in total. The highest BCUT2D eigenvalue weighted by Gasteiger charge is 2.34. The predicted octanol–water partition coefficient (Wildman–Crippen LogP) is 3.32. The molecule has 2 fully saturated rings. The van der Waals surface area contributed by atoms with Crippen LogP contribution in [-0.4, -0.2) is 53.7 Å². The Hall–Kier alpha value is -3.27. The Labute approximate surface area is 197 Å². The molecule has 1 saturated heterocycles. The van der Waals surface area contributed by atoms with E-state index in [0.29, 0.717) is 40.0 Å². The van der Waals surface area contributed by atoms with Crippen LogP contribution in [0.5, 0.6) is 0 Å². The van der Waals surface area contributed by atoms with Crippen LogP contribution in [0.2, 0.25) is 0 Å². The number of carbonyl (C=O) groups excluding carboxylic acids is 2. The number of aryl methyl sites for hydroxylation is 2. The molecule has 178 valence electrons. The number of esters is 1. The zero-order valence-corrected chi connectivity index (χ0v) is 20.1. The molecule has 0 radical (unpaired) electrons. The SMILES string of the molecule is COC(=O)c1ccc(C)c(NC(=O)c2cc(C3CC3)nc3c2c(C)nn3C2CCS(=O)(=O)C2)c1. The number of methoxy groups -OCH3 is 1. The van der Waals surface area contributed by atoms with Crippen LogP contribution in [0.25, 0.3) is 11.0 Å². The van der Waals surface area contributed by atoms with Gasteiger partial charge in [0, 0.05) is 17.3 Å². The lowest BCUT2D eigenvalue weighted by Gasteiger charge is -2.13. The Bertz CT molecular complexity index is 1440. The summed E-state index contributed by atoms with van der Waals surface area (Å²) < 4.78 is 30.7. The Morgan fingerprint density at radius 2 is 1.91 bits per heavy atom. The number of aromatic nitrogens is 3. The molecule has 1 unspecified atom stereocenters. The van der Waals surface area contributed by atoms with E-state index in [2.05, 4.69) is 10.4 Å². The fourth-order valence-corrected chi connectivity index (χ4v) is 6.21. The molecule has 1 amide bonds. The number of amides is 1. The van der Waals surface area contributed by atoms with E-state index in [9.17, 15) is 18.0 Å². The van der Waals surface area contributed by atoms with Gasteiger partial charge in [0.1, 0.15) is 0 Å². The van der Waals surface area contributed by atoms with Crippen LogP contribution >= 0.6 is 0 Å². The van der Waals surface area contributed by atoms with E-state index in [0.717, 1.165) is 24.1 Å². The number of rotatable bonds is 5. The van der Waals surface area contributed by atoms with Crippen molar-refractivity contribution in [2.24, 2.45) is 0 Å².